The molecule has 3 nitrogen and oxygen atoms in total. The van der Waals surface area contributed by atoms with Crippen LogP contribution in [0.15, 0.2) is 12.5 Å². The highest BCUT2D eigenvalue weighted by molar-refractivity contribution is 7.99. The third-order valence-electron chi connectivity index (χ3n) is 4.73. The van der Waals surface area contributed by atoms with Crippen LogP contribution in [-0.4, -0.2) is 27.6 Å². The molecule has 0 radical (unpaired) electrons. The summed E-state index contributed by atoms with van der Waals surface area (Å²) in [5, 5.41) is 4.54. The zero-order valence-corrected chi connectivity index (χ0v) is 12.7. The average Bonchev–Trinajstić information content (AvgIpc) is 2.98. The van der Waals surface area contributed by atoms with Gasteiger partial charge in [-0.3, -0.25) is 0 Å². The first-order valence-electron chi connectivity index (χ1n) is 7.66. The Balaban J connectivity index is 1.69. The largest absolute Gasteiger partial charge is 0.330 e. The maximum Gasteiger partial charge on any atom is 0.0951 e. The van der Waals surface area contributed by atoms with Crippen LogP contribution in [0, 0.1) is 0 Å². The maximum absolute atomic E-state index is 4.43. The standard InChI is InChI=1S/C15H25N3S/c1-19-13-7-5-12(6-8-13)18-11-16-10-15(18)14-4-2-3-9-17-14/h10-14,17H,2-9H2,1H3. The molecule has 19 heavy (non-hydrogen) atoms. The van der Waals surface area contributed by atoms with Gasteiger partial charge in [-0.15, -0.1) is 0 Å². The van der Waals surface area contributed by atoms with Crippen LogP contribution in [0.2, 0.25) is 0 Å². The van der Waals surface area contributed by atoms with Crippen molar-refractivity contribution in [3.63, 3.8) is 0 Å². The number of nitrogens with zero attached hydrogens (tertiary/aromatic N) is 2. The summed E-state index contributed by atoms with van der Waals surface area (Å²) in [6, 6.07) is 1.22. The lowest BCUT2D eigenvalue weighted by Crippen LogP contribution is -2.30. The Morgan fingerprint density at radius 2 is 2.05 bits per heavy atom. The van der Waals surface area contributed by atoms with E-state index in [-0.39, 0.29) is 0 Å². The number of imidazole rings is 1. The van der Waals surface area contributed by atoms with Crippen LogP contribution in [0.4, 0.5) is 0 Å². The van der Waals surface area contributed by atoms with E-state index in [0.717, 1.165) is 11.8 Å². The summed E-state index contributed by atoms with van der Waals surface area (Å²) < 4.78 is 2.47. The highest BCUT2D eigenvalue weighted by Crippen LogP contribution is 2.35. The summed E-state index contributed by atoms with van der Waals surface area (Å²) in [5.74, 6) is 0. The van der Waals surface area contributed by atoms with E-state index in [0.29, 0.717) is 12.1 Å². The topological polar surface area (TPSA) is 29.9 Å². The predicted octanol–water partition coefficient (Wildman–Crippen LogP) is 3.54. The minimum atomic E-state index is 0.537. The molecular formula is C15H25N3S. The van der Waals surface area contributed by atoms with Crippen LogP contribution >= 0.6 is 11.8 Å². The summed E-state index contributed by atoms with van der Waals surface area (Å²) in [7, 11) is 0. The Morgan fingerprint density at radius 3 is 2.74 bits per heavy atom. The molecule has 1 N–H and O–H groups in total. The van der Waals surface area contributed by atoms with Crippen molar-refractivity contribution in [3.8, 4) is 0 Å². The lowest BCUT2D eigenvalue weighted by atomic mass is 9.94. The molecule has 0 spiro atoms. The minimum Gasteiger partial charge on any atom is -0.330 e. The van der Waals surface area contributed by atoms with Crippen molar-refractivity contribution in [1.29, 1.82) is 0 Å². The van der Waals surface area contributed by atoms with Crippen LogP contribution in [0.1, 0.15) is 62.7 Å². The molecule has 2 fully saturated rings. The predicted molar refractivity (Wildman–Crippen MR) is 81.6 cm³/mol. The Morgan fingerprint density at radius 1 is 1.21 bits per heavy atom. The molecule has 2 aliphatic rings. The normalized spacial score (nSPS) is 32.4. The molecule has 1 atom stereocenters. The molecule has 4 heteroatoms. The van der Waals surface area contributed by atoms with Crippen LogP contribution in [-0.2, 0) is 0 Å². The smallest absolute Gasteiger partial charge is 0.0951 e. The van der Waals surface area contributed by atoms with Gasteiger partial charge in [-0.25, -0.2) is 4.98 Å². The van der Waals surface area contributed by atoms with Gasteiger partial charge >= 0.3 is 0 Å². The number of rotatable bonds is 3. The number of thioether (sulfide) groups is 1. The van der Waals surface area contributed by atoms with Crippen molar-refractivity contribution < 1.29 is 0 Å². The summed E-state index contributed by atoms with van der Waals surface area (Å²) in [5.41, 5.74) is 1.42. The number of aromatic nitrogens is 2. The molecule has 0 bridgehead atoms. The first kappa shape index (κ1) is 13.5. The van der Waals surface area contributed by atoms with Gasteiger partial charge in [-0.1, -0.05) is 6.42 Å². The first-order chi connectivity index (χ1) is 9.38. The van der Waals surface area contributed by atoms with Gasteiger partial charge in [-0.2, -0.15) is 11.8 Å². The average molecular weight is 279 g/mol. The third-order valence-corrected chi connectivity index (χ3v) is 5.87. The Bertz CT molecular complexity index is 390. The molecule has 1 unspecified atom stereocenters. The molecule has 2 heterocycles. The van der Waals surface area contributed by atoms with E-state index in [9.17, 15) is 0 Å². The molecule has 1 aliphatic heterocycles. The fourth-order valence-electron chi connectivity index (χ4n) is 3.55. The molecule has 0 amide bonds. The fourth-order valence-corrected chi connectivity index (χ4v) is 4.30. The van der Waals surface area contributed by atoms with Crippen LogP contribution in [0.25, 0.3) is 0 Å². The Kier molecular flexibility index (Phi) is 4.49. The van der Waals surface area contributed by atoms with E-state index in [4.69, 9.17) is 0 Å². The van der Waals surface area contributed by atoms with E-state index in [1.54, 1.807) is 0 Å². The molecule has 1 aromatic rings. The summed E-state index contributed by atoms with van der Waals surface area (Å²) in [4.78, 5) is 4.43. The quantitative estimate of drug-likeness (QED) is 0.917. The minimum absolute atomic E-state index is 0.537. The molecule has 1 aromatic heterocycles. The summed E-state index contributed by atoms with van der Waals surface area (Å²) in [6.07, 6.45) is 15.7. The fraction of sp³-hybridized carbons (Fsp3) is 0.800. The van der Waals surface area contributed by atoms with E-state index in [2.05, 4.69) is 33.6 Å². The monoisotopic (exact) mass is 279 g/mol. The van der Waals surface area contributed by atoms with Crippen LogP contribution in [0.3, 0.4) is 0 Å². The van der Waals surface area contributed by atoms with Gasteiger partial charge in [0.15, 0.2) is 0 Å². The molecule has 0 aromatic carbocycles. The second-order valence-electron chi connectivity index (χ2n) is 5.89. The molecule has 3 rings (SSSR count). The van der Waals surface area contributed by atoms with Gasteiger partial charge in [-0.05, 0) is 51.3 Å². The van der Waals surface area contributed by atoms with E-state index in [1.165, 1.54) is 50.6 Å². The van der Waals surface area contributed by atoms with Gasteiger partial charge in [0, 0.05) is 23.5 Å². The van der Waals surface area contributed by atoms with Crippen molar-refractivity contribution in [1.82, 2.24) is 14.9 Å². The van der Waals surface area contributed by atoms with Crippen molar-refractivity contribution in [2.45, 2.75) is 62.3 Å². The van der Waals surface area contributed by atoms with Gasteiger partial charge < -0.3 is 9.88 Å². The second kappa shape index (κ2) is 6.31. The Hall–Kier alpha value is -0.480. The van der Waals surface area contributed by atoms with E-state index in [1.807, 2.05) is 11.8 Å². The van der Waals surface area contributed by atoms with Crippen LogP contribution < -0.4 is 5.32 Å². The van der Waals surface area contributed by atoms with Crippen molar-refractivity contribution in [2.75, 3.05) is 12.8 Å². The van der Waals surface area contributed by atoms with E-state index < -0.39 is 0 Å². The van der Waals surface area contributed by atoms with E-state index >= 15 is 0 Å². The molecule has 1 saturated carbocycles. The lowest BCUT2D eigenvalue weighted by Gasteiger charge is -2.32. The molecule has 1 saturated heterocycles. The van der Waals surface area contributed by atoms with Gasteiger partial charge in [0.05, 0.1) is 12.0 Å². The van der Waals surface area contributed by atoms with Gasteiger partial charge in [0.1, 0.15) is 0 Å². The highest BCUT2D eigenvalue weighted by Gasteiger charge is 2.25. The highest BCUT2D eigenvalue weighted by atomic mass is 32.2. The summed E-state index contributed by atoms with van der Waals surface area (Å²) >= 11 is 2.04. The number of hydrogen-bond acceptors (Lipinski definition) is 3. The number of nitrogens with one attached hydrogen (secondary N) is 1. The number of piperidine rings is 1. The first-order valence-corrected chi connectivity index (χ1v) is 8.95. The van der Waals surface area contributed by atoms with Gasteiger partial charge in [0.2, 0.25) is 0 Å². The second-order valence-corrected chi connectivity index (χ2v) is 7.03. The lowest BCUT2D eigenvalue weighted by molar-refractivity contribution is 0.328. The maximum atomic E-state index is 4.43. The zero-order valence-electron chi connectivity index (χ0n) is 11.8. The SMILES string of the molecule is CSC1CCC(n2cncc2C2CCCCN2)CC1. The van der Waals surface area contributed by atoms with Crippen molar-refractivity contribution >= 4 is 11.8 Å². The number of hydrogen-bond donors (Lipinski definition) is 1. The van der Waals surface area contributed by atoms with Crippen LogP contribution in [0.5, 0.6) is 0 Å². The van der Waals surface area contributed by atoms with Crippen molar-refractivity contribution in [2.24, 2.45) is 0 Å². The summed E-state index contributed by atoms with van der Waals surface area (Å²) in [6.45, 7) is 1.16. The molecule has 1 aliphatic carbocycles. The molecular weight excluding hydrogens is 254 g/mol. The zero-order chi connectivity index (χ0) is 13.1. The molecule has 106 valence electrons. The Labute approximate surface area is 120 Å². The van der Waals surface area contributed by atoms with Crippen molar-refractivity contribution in [3.05, 3.63) is 18.2 Å². The third kappa shape index (κ3) is 3.00. The van der Waals surface area contributed by atoms with Gasteiger partial charge in [0.25, 0.3) is 0 Å².